The number of rotatable bonds is 4. The van der Waals surface area contributed by atoms with Crippen LogP contribution in [0.5, 0.6) is 0 Å². The van der Waals surface area contributed by atoms with Crippen molar-refractivity contribution in [2.24, 2.45) is 5.73 Å². The zero-order valence-corrected chi connectivity index (χ0v) is 13.0. The summed E-state index contributed by atoms with van der Waals surface area (Å²) in [6, 6.07) is 5.37. The summed E-state index contributed by atoms with van der Waals surface area (Å²) in [5, 5.41) is 4.29. The van der Waals surface area contributed by atoms with Crippen molar-refractivity contribution in [3.63, 3.8) is 0 Å². The van der Waals surface area contributed by atoms with Crippen molar-refractivity contribution in [3.05, 3.63) is 34.5 Å². The minimum absolute atomic E-state index is 0. The Morgan fingerprint density at radius 3 is 2.85 bits per heavy atom. The topological polar surface area (TPSA) is 68.3 Å². The highest BCUT2D eigenvalue weighted by Crippen LogP contribution is 2.27. The maximum absolute atomic E-state index is 12.0. The van der Waals surface area contributed by atoms with Gasteiger partial charge in [0.2, 0.25) is 0 Å². The van der Waals surface area contributed by atoms with Crippen molar-refractivity contribution < 1.29 is 9.21 Å². The second-order valence-electron chi connectivity index (χ2n) is 4.72. The molecule has 1 amide bonds. The molecular formula is C14H18Cl2N2O2. The molecule has 0 spiro atoms. The number of aryl methyl sites for hydroxylation is 1. The van der Waals surface area contributed by atoms with Crippen molar-refractivity contribution in [3.8, 4) is 0 Å². The van der Waals surface area contributed by atoms with Gasteiger partial charge in [-0.25, -0.2) is 0 Å². The van der Waals surface area contributed by atoms with Crippen molar-refractivity contribution >= 4 is 40.9 Å². The Kier molecular flexibility index (Phi) is 5.87. The molecule has 0 radical (unpaired) electrons. The Balaban J connectivity index is 0.00000200. The van der Waals surface area contributed by atoms with Gasteiger partial charge in [0.15, 0.2) is 5.76 Å². The molecule has 0 fully saturated rings. The maximum atomic E-state index is 12.0. The maximum Gasteiger partial charge on any atom is 0.287 e. The van der Waals surface area contributed by atoms with E-state index in [2.05, 4.69) is 5.32 Å². The molecule has 110 valence electrons. The largest absolute Gasteiger partial charge is 0.451 e. The van der Waals surface area contributed by atoms with Gasteiger partial charge in [0.1, 0.15) is 5.58 Å². The summed E-state index contributed by atoms with van der Waals surface area (Å²) in [5.74, 6) is 0.118. The van der Waals surface area contributed by atoms with E-state index in [1.54, 1.807) is 18.2 Å². The van der Waals surface area contributed by atoms with Gasteiger partial charge < -0.3 is 15.5 Å². The number of hydrogen-bond donors (Lipinski definition) is 2. The van der Waals surface area contributed by atoms with E-state index in [9.17, 15) is 4.79 Å². The second kappa shape index (κ2) is 6.97. The lowest BCUT2D eigenvalue weighted by atomic mass is 10.1. The quantitative estimate of drug-likeness (QED) is 0.909. The van der Waals surface area contributed by atoms with Crippen molar-refractivity contribution in [2.45, 2.75) is 26.3 Å². The van der Waals surface area contributed by atoms with E-state index in [0.717, 1.165) is 17.4 Å². The Morgan fingerprint density at radius 2 is 2.20 bits per heavy atom. The van der Waals surface area contributed by atoms with Gasteiger partial charge in [-0.2, -0.15) is 0 Å². The number of hydrogen-bond acceptors (Lipinski definition) is 3. The molecule has 0 saturated carbocycles. The van der Waals surface area contributed by atoms with E-state index >= 15 is 0 Å². The Morgan fingerprint density at radius 1 is 1.50 bits per heavy atom. The monoisotopic (exact) mass is 316 g/mol. The van der Waals surface area contributed by atoms with Crippen LogP contribution in [0.4, 0.5) is 0 Å². The Bertz CT molecular complexity index is 608. The highest BCUT2D eigenvalue weighted by atomic mass is 35.5. The molecule has 1 aromatic heterocycles. The Hall–Kier alpha value is -1.23. The fourth-order valence-corrected chi connectivity index (χ4v) is 2.08. The van der Waals surface area contributed by atoms with Gasteiger partial charge >= 0.3 is 0 Å². The van der Waals surface area contributed by atoms with E-state index in [1.165, 1.54) is 0 Å². The fraction of sp³-hybridized carbons (Fsp3) is 0.357. The molecule has 2 aromatic rings. The SMILES string of the molecule is Cc1c(C(=O)NCCC(C)N)oc2ccc(Cl)cc12.Cl. The predicted molar refractivity (Wildman–Crippen MR) is 83.8 cm³/mol. The first-order valence-corrected chi connectivity index (χ1v) is 6.59. The lowest BCUT2D eigenvalue weighted by Gasteiger charge is -2.06. The molecule has 3 N–H and O–H groups in total. The average molecular weight is 317 g/mol. The molecule has 1 aromatic carbocycles. The second-order valence-corrected chi connectivity index (χ2v) is 5.15. The summed E-state index contributed by atoms with van der Waals surface area (Å²) in [6.07, 6.45) is 0.733. The molecule has 2 rings (SSSR count). The summed E-state index contributed by atoms with van der Waals surface area (Å²) in [7, 11) is 0. The van der Waals surface area contributed by atoms with Gasteiger partial charge in [-0.3, -0.25) is 4.79 Å². The number of halogens is 2. The van der Waals surface area contributed by atoms with Crippen molar-refractivity contribution in [1.29, 1.82) is 0 Å². The van der Waals surface area contributed by atoms with Crippen LogP contribution < -0.4 is 11.1 Å². The van der Waals surface area contributed by atoms with Crippen LogP contribution in [0, 0.1) is 6.92 Å². The number of amides is 1. The average Bonchev–Trinajstić information content (AvgIpc) is 2.66. The third-order valence-electron chi connectivity index (χ3n) is 2.99. The first-order valence-electron chi connectivity index (χ1n) is 6.21. The summed E-state index contributed by atoms with van der Waals surface area (Å²) >= 11 is 5.94. The van der Waals surface area contributed by atoms with Crippen LogP contribution in [-0.2, 0) is 0 Å². The van der Waals surface area contributed by atoms with Gasteiger partial charge in [0.25, 0.3) is 5.91 Å². The van der Waals surface area contributed by atoms with Gasteiger partial charge in [-0.1, -0.05) is 11.6 Å². The molecule has 0 saturated heterocycles. The Labute approximate surface area is 129 Å². The van der Waals surface area contributed by atoms with Crippen LogP contribution in [0.1, 0.15) is 29.5 Å². The third kappa shape index (κ3) is 3.66. The summed E-state index contributed by atoms with van der Waals surface area (Å²) in [4.78, 5) is 12.0. The van der Waals surface area contributed by atoms with Crippen LogP contribution in [0.25, 0.3) is 11.0 Å². The number of carbonyl (C=O) groups excluding carboxylic acids is 1. The van der Waals surface area contributed by atoms with E-state index in [0.29, 0.717) is 22.9 Å². The number of nitrogens with one attached hydrogen (secondary N) is 1. The molecule has 1 heterocycles. The van der Waals surface area contributed by atoms with Crippen LogP contribution in [0.3, 0.4) is 0 Å². The number of nitrogens with two attached hydrogens (primary N) is 1. The standard InChI is InChI=1S/C14H17ClN2O2.ClH/c1-8(16)5-6-17-14(18)13-9(2)11-7-10(15)3-4-12(11)19-13;/h3-4,7-8H,5-6,16H2,1-2H3,(H,17,18);1H. The third-order valence-corrected chi connectivity index (χ3v) is 3.22. The zero-order chi connectivity index (χ0) is 14.0. The van der Waals surface area contributed by atoms with Gasteiger partial charge in [0, 0.05) is 28.6 Å². The van der Waals surface area contributed by atoms with E-state index in [1.807, 2.05) is 13.8 Å². The zero-order valence-electron chi connectivity index (χ0n) is 11.4. The number of fused-ring (bicyclic) bond motifs is 1. The fourth-order valence-electron chi connectivity index (χ4n) is 1.90. The molecule has 0 aliphatic carbocycles. The van der Waals surface area contributed by atoms with Crippen LogP contribution >= 0.6 is 24.0 Å². The summed E-state index contributed by atoms with van der Waals surface area (Å²) < 4.78 is 5.57. The summed E-state index contributed by atoms with van der Waals surface area (Å²) in [6.45, 7) is 4.29. The summed E-state index contributed by atoms with van der Waals surface area (Å²) in [5.41, 5.74) is 7.10. The van der Waals surface area contributed by atoms with Gasteiger partial charge in [0.05, 0.1) is 0 Å². The van der Waals surface area contributed by atoms with Gasteiger partial charge in [-0.05, 0) is 38.5 Å². The number of benzene rings is 1. The smallest absolute Gasteiger partial charge is 0.287 e. The minimum atomic E-state index is -0.217. The van der Waals surface area contributed by atoms with E-state index in [-0.39, 0.29) is 24.4 Å². The van der Waals surface area contributed by atoms with Gasteiger partial charge in [-0.15, -0.1) is 12.4 Å². The molecular weight excluding hydrogens is 299 g/mol. The first-order chi connectivity index (χ1) is 8.99. The lowest BCUT2D eigenvalue weighted by molar-refractivity contribution is 0.0926. The van der Waals surface area contributed by atoms with Crippen molar-refractivity contribution in [2.75, 3.05) is 6.54 Å². The molecule has 20 heavy (non-hydrogen) atoms. The minimum Gasteiger partial charge on any atom is -0.451 e. The van der Waals surface area contributed by atoms with Crippen LogP contribution in [0.15, 0.2) is 22.6 Å². The highest BCUT2D eigenvalue weighted by Gasteiger charge is 2.17. The predicted octanol–water partition coefficient (Wildman–Crippen LogP) is 3.28. The van der Waals surface area contributed by atoms with Crippen molar-refractivity contribution in [1.82, 2.24) is 5.32 Å². The molecule has 1 unspecified atom stereocenters. The lowest BCUT2D eigenvalue weighted by Crippen LogP contribution is -2.29. The molecule has 6 heteroatoms. The molecule has 4 nitrogen and oxygen atoms in total. The molecule has 0 bridgehead atoms. The van der Waals surface area contributed by atoms with Crippen LogP contribution in [-0.4, -0.2) is 18.5 Å². The highest BCUT2D eigenvalue weighted by molar-refractivity contribution is 6.31. The number of carbonyl (C=O) groups is 1. The van der Waals surface area contributed by atoms with E-state index < -0.39 is 0 Å². The first kappa shape index (κ1) is 16.8. The molecule has 1 atom stereocenters. The molecule has 0 aliphatic heterocycles. The van der Waals surface area contributed by atoms with E-state index in [4.69, 9.17) is 21.8 Å². The molecule has 0 aliphatic rings. The normalized spacial score (nSPS) is 12.0. The number of furan rings is 1. The van der Waals surface area contributed by atoms with Crippen LogP contribution in [0.2, 0.25) is 5.02 Å².